The molecule has 3 N–H and O–H groups in total. The van der Waals surface area contributed by atoms with Crippen molar-refractivity contribution >= 4 is 35.3 Å². The number of rotatable bonds is 11. The number of thioether (sulfide) groups is 1. The van der Waals surface area contributed by atoms with Gasteiger partial charge in [-0.05, 0) is 113 Å². The van der Waals surface area contributed by atoms with Gasteiger partial charge < -0.3 is 15.2 Å². The zero-order valence-electron chi connectivity index (χ0n) is 23.4. The molecule has 3 aliphatic rings. The molecule has 41 heavy (non-hydrogen) atoms. The molecule has 0 spiro atoms. The summed E-state index contributed by atoms with van der Waals surface area (Å²) in [5.74, 6) is 0.0190. The van der Waals surface area contributed by atoms with Gasteiger partial charge >= 0.3 is 0 Å². The van der Waals surface area contributed by atoms with E-state index in [2.05, 4.69) is 9.62 Å². The van der Waals surface area contributed by atoms with E-state index in [9.17, 15) is 13.6 Å². The lowest BCUT2D eigenvalue weighted by Crippen LogP contribution is -2.52. The number of amides is 1. The number of carbonyl (C=O) groups is 1. The zero-order valence-corrected chi connectivity index (χ0v) is 25.0. The summed E-state index contributed by atoms with van der Waals surface area (Å²) in [7, 11) is 0. The van der Waals surface area contributed by atoms with Crippen LogP contribution in [0.25, 0.3) is 0 Å². The molecular weight excluding hydrogens is 566 g/mol. The van der Waals surface area contributed by atoms with Crippen molar-refractivity contribution in [3.63, 3.8) is 0 Å². The number of ether oxygens (including phenoxy) is 2. The Hall–Kier alpha value is -2.36. The molecule has 0 bridgehead atoms. The first-order valence-electron chi connectivity index (χ1n) is 14.1. The van der Waals surface area contributed by atoms with Crippen LogP contribution in [0.4, 0.5) is 14.5 Å². The fraction of sp³-hybridized carbons (Fsp3) is 0.533. The molecule has 0 radical (unpaired) electrons. The molecule has 1 unspecified atom stereocenters. The number of unbranched alkanes of at least 4 members (excludes halogenated alkanes) is 1. The van der Waals surface area contributed by atoms with E-state index in [0.717, 1.165) is 48.5 Å². The Kier molecular flexibility index (Phi) is 11.7. The van der Waals surface area contributed by atoms with Crippen LogP contribution >= 0.6 is 23.7 Å². The van der Waals surface area contributed by atoms with Crippen LogP contribution in [0.3, 0.4) is 0 Å². The summed E-state index contributed by atoms with van der Waals surface area (Å²) in [6.07, 6.45) is 8.64. The van der Waals surface area contributed by atoms with Gasteiger partial charge in [-0.1, -0.05) is 0 Å². The topological polar surface area (TPSA) is 101 Å². The smallest absolute Gasteiger partial charge is 0.262 e. The largest absolute Gasteiger partial charge is 0.395 e. The molecule has 7 nitrogen and oxygen atoms in total. The second kappa shape index (κ2) is 15.2. The zero-order chi connectivity index (χ0) is 29.2. The van der Waals surface area contributed by atoms with Crippen LogP contribution in [-0.2, 0) is 14.3 Å². The molecule has 222 valence electrons. The van der Waals surface area contributed by atoms with E-state index in [4.69, 9.17) is 20.5 Å². The number of hydrogen-bond acceptors (Lipinski definition) is 8. The number of hydrogen-bond donors (Lipinski definition) is 2. The van der Waals surface area contributed by atoms with Gasteiger partial charge in [0.2, 0.25) is 0 Å². The lowest BCUT2D eigenvalue weighted by Gasteiger charge is -2.39. The lowest BCUT2D eigenvalue weighted by molar-refractivity contribution is -0.148. The standard InChI is InChI=1S/C16H22FNOS.C14H16FN3O2S/c17-13-3-7-16(8-4-13)20-10-2-1-9-18-11-15(12-18)19-14-5-6-14;1-14(4-2-3-5-20-14)13(19)18-21-10-6-9(8-16)12(17)11(15)7-10/h3-4,7-8,14-15H,1-2,5-6,9-12H2;6-7H,2-5,17H2,1H3,(H,18,19). The first-order chi connectivity index (χ1) is 19.8. The Balaban J connectivity index is 0.000000189. The predicted octanol–water partition coefficient (Wildman–Crippen LogP) is 5.92. The fourth-order valence-electron chi connectivity index (χ4n) is 4.50. The third kappa shape index (κ3) is 9.86. The molecule has 1 saturated carbocycles. The van der Waals surface area contributed by atoms with Crippen molar-refractivity contribution in [1.29, 1.82) is 5.26 Å². The van der Waals surface area contributed by atoms with Crippen molar-refractivity contribution in [2.45, 2.75) is 79.5 Å². The van der Waals surface area contributed by atoms with Crippen LogP contribution in [0.15, 0.2) is 46.2 Å². The molecule has 0 aromatic heterocycles. The van der Waals surface area contributed by atoms with E-state index in [1.165, 1.54) is 56.5 Å². The maximum absolute atomic E-state index is 13.6. The van der Waals surface area contributed by atoms with Gasteiger partial charge in [-0.15, -0.1) is 11.8 Å². The van der Waals surface area contributed by atoms with E-state index < -0.39 is 11.4 Å². The summed E-state index contributed by atoms with van der Waals surface area (Å²) in [5.41, 5.74) is 4.45. The average molecular weight is 605 g/mol. The number of nitrogen functional groups attached to an aromatic ring is 1. The number of halogens is 2. The summed E-state index contributed by atoms with van der Waals surface area (Å²) in [6, 6.07) is 11.2. The van der Waals surface area contributed by atoms with Crippen LogP contribution < -0.4 is 10.5 Å². The van der Waals surface area contributed by atoms with Crippen LogP contribution in [0.2, 0.25) is 0 Å². The number of nitriles is 1. The highest BCUT2D eigenvalue weighted by Crippen LogP contribution is 2.29. The van der Waals surface area contributed by atoms with Gasteiger partial charge in [-0.2, -0.15) is 5.26 Å². The average Bonchev–Trinajstić information content (AvgIpc) is 3.77. The van der Waals surface area contributed by atoms with Gasteiger partial charge in [0.1, 0.15) is 23.3 Å². The highest BCUT2D eigenvalue weighted by atomic mass is 32.2. The molecular formula is C30H38F2N4O3S2. The molecule has 1 atom stereocenters. The van der Waals surface area contributed by atoms with E-state index in [1.54, 1.807) is 6.92 Å². The number of carbonyl (C=O) groups excluding carboxylic acids is 1. The van der Waals surface area contributed by atoms with Gasteiger partial charge in [-0.3, -0.25) is 14.4 Å². The summed E-state index contributed by atoms with van der Waals surface area (Å²) in [4.78, 5) is 16.2. The van der Waals surface area contributed by atoms with E-state index >= 15 is 0 Å². The first-order valence-corrected chi connectivity index (χ1v) is 15.9. The van der Waals surface area contributed by atoms with Gasteiger partial charge in [0.05, 0.1) is 23.5 Å². The van der Waals surface area contributed by atoms with Gasteiger partial charge in [-0.25, -0.2) is 8.78 Å². The lowest BCUT2D eigenvalue weighted by atomic mass is 9.95. The monoisotopic (exact) mass is 604 g/mol. The maximum Gasteiger partial charge on any atom is 0.262 e. The molecule has 5 rings (SSSR count). The van der Waals surface area contributed by atoms with E-state index in [1.807, 2.05) is 30.0 Å². The van der Waals surface area contributed by atoms with Crippen molar-refractivity contribution in [2.75, 3.05) is 37.7 Å². The van der Waals surface area contributed by atoms with Crippen molar-refractivity contribution in [2.24, 2.45) is 0 Å². The number of benzene rings is 2. The molecule has 11 heteroatoms. The minimum Gasteiger partial charge on any atom is -0.395 e. The van der Waals surface area contributed by atoms with Crippen LogP contribution in [0, 0.1) is 23.0 Å². The van der Waals surface area contributed by atoms with Crippen molar-refractivity contribution in [3.05, 3.63) is 53.6 Å². The second-order valence-electron chi connectivity index (χ2n) is 10.8. The Bertz CT molecular complexity index is 1200. The molecule has 2 saturated heterocycles. The number of nitrogens with zero attached hydrogens (tertiary/aromatic N) is 2. The van der Waals surface area contributed by atoms with E-state index in [-0.39, 0.29) is 23.0 Å². The number of nitrogens with two attached hydrogens (primary N) is 1. The molecule has 2 aromatic carbocycles. The summed E-state index contributed by atoms with van der Waals surface area (Å²) >= 11 is 2.76. The molecule has 2 aromatic rings. The van der Waals surface area contributed by atoms with Crippen molar-refractivity contribution in [3.8, 4) is 6.07 Å². The molecule has 1 amide bonds. The Morgan fingerprint density at radius 1 is 1.17 bits per heavy atom. The molecule has 1 aliphatic carbocycles. The van der Waals surface area contributed by atoms with Gasteiger partial charge in [0.25, 0.3) is 5.91 Å². The summed E-state index contributed by atoms with van der Waals surface area (Å²) < 4.78 is 40.3. The van der Waals surface area contributed by atoms with Crippen LogP contribution in [-0.4, -0.2) is 60.6 Å². The third-order valence-corrected chi connectivity index (χ3v) is 9.08. The fourth-order valence-corrected chi connectivity index (χ4v) is 6.17. The minimum absolute atomic E-state index is 0.0480. The van der Waals surface area contributed by atoms with Crippen LogP contribution in [0.5, 0.6) is 0 Å². The number of anilines is 1. The Morgan fingerprint density at radius 3 is 2.59 bits per heavy atom. The van der Waals surface area contributed by atoms with Crippen molar-refractivity contribution < 1.29 is 23.0 Å². The normalized spacial score (nSPS) is 20.8. The van der Waals surface area contributed by atoms with Gasteiger partial charge in [0.15, 0.2) is 0 Å². The first kappa shape index (κ1) is 31.6. The molecule has 3 fully saturated rings. The Labute approximate surface area is 249 Å². The predicted molar refractivity (Wildman–Crippen MR) is 158 cm³/mol. The molecule has 2 aliphatic heterocycles. The second-order valence-corrected chi connectivity index (χ2v) is 12.8. The highest BCUT2D eigenvalue weighted by molar-refractivity contribution is 7.99. The number of likely N-dealkylation sites (tertiary alicyclic amines) is 1. The third-order valence-electron chi connectivity index (χ3n) is 7.22. The van der Waals surface area contributed by atoms with Gasteiger partial charge in [0, 0.05) is 29.5 Å². The summed E-state index contributed by atoms with van der Waals surface area (Å²) in [5, 5.41) is 8.88. The minimum atomic E-state index is -0.852. The quantitative estimate of drug-likeness (QED) is 0.141. The highest BCUT2D eigenvalue weighted by Gasteiger charge is 2.36. The van der Waals surface area contributed by atoms with Crippen molar-refractivity contribution in [1.82, 2.24) is 9.62 Å². The van der Waals surface area contributed by atoms with E-state index in [0.29, 0.717) is 30.1 Å². The summed E-state index contributed by atoms with van der Waals surface area (Å²) in [6.45, 7) is 5.74. The molecule has 2 heterocycles. The van der Waals surface area contributed by atoms with Crippen LogP contribution in [0.1, 0.15) is 57.4 Å². The maximum atomic E-state index is 13.6. The number of nitrogens with one attached hydrogen (secondary N) is 1. The SMILES string of the molecule is CC1(C(=O)NSc2cc(F)c(N)c(C#N)c2)CCCCO1.Fc1ccc(SCCCCN2CC(OC3CC3)C2)cc1. The Morgan fingerprint density at radius 2 is 1.93 bits per heavy atom.